The Morgan fingerprint density at radius 2 is 2.33 bits per heavy atom. The molecule has 1 aromatic carbocycles. The number of aromatic nitrogens is 1. The fraction of sp³-hybridized carbons (Fsp3) is 0.444. The molecule has 3 rings (SSSR count). The summed E-state index contributed by atoms with van der Waals surface area (Å²) in [5.74, 6) is 1.52. The second-order valence-corrected chi connectivity index (χ2v) is 8.13. The van der Waals surface area contributed by atoms with Crippen molar-refractivity contribution in [2.75, 3.05) is 19.6 Å². The Balaban J connectivity index is 1.54. The van der Waals surface area contributed by atoms with Gasteiger partial charge in [-0.25, -0.2) is 4.98 Å². The lowest BCUT2D eigenvalue weighted by atomic mass is 10.1. The number of rotatable bonds is 7. The summed E-state index contributed by atoms with van der Waals surface area (Å²) in [5, 5.41) is 9.60. The first-order valence-corrected chi connectivity index (χ1v) is 10.2. The van der Waals surface area contributed by atoms with Gasteiger partial charge in [-0.2, -0.15) is 0 Å². The van der Waals surface area contributed by atoms with E-state index in [4.69, 9.17) is 0 Å². The third-order valence-corrected chi connectivity index (χ3v) is 6.10. The normalized spacial score (nSPS) is 17.1. The average Bonchev–Trinajstić information content (AvgIpc) is 3.25. The van der Waals surface area contributed by atoms with Crippen LogP contribution in [0.15, 0.2) is 34.5 Å². The van der Waals surface area contributed by atoms with Crippen LogP contribution in [0, 0.1) is 12.8 Å². The van der Waals surface area contributed by atoms with E-state index in [-0.39, 0.29) is 5.91 Å². The summed E-state index contributed by atoms with van der Waals surface area (Å²) >= 11 is 3.34. The van der Waals surface area contributed by atoms with Gasteiger partial charge in [-0.15, -0.1) is 23.1 Å². The highest BCUT2D eigenvalue weighted by molar-refractivity contribution is 7.98. The van der Waals surface area contributed by atoms with E-state index in [1.165, 1.54) is 6.42 Å². The van der Waals surface area contributed by atoms with Gasteiger partial charge in [-0.05, 0) is 50.9 Å². The number of hydrogen-bond donors (Lipinski definition) is 2. The highest BCUT2D eigenvalue weighted by Gasteiger charge is 2.15. The molecule has 4 nitrogen and oxygen atoms in total. The lowest BCUT2D eigenvalue weighted by Crippen LogP contribution is -2.26. The first kappa shape index (κ1) is 17.5. The molecule has 1 aliphatic rings. The van der Waals surface area contributed by atoms with Crippen LogP contribution < -0.4 is 10.6 Å². The highest BCUT2D eigenvalue weighted by Crippen LogP contribution is 2.26. The van der Waals surface area contributed by atoms with Crippen molar-refractivity contribution in [3.8, 4) is 0 Å². The number of amides is 1. The van der Waals surface area contributed by atoms with Crippen LogP contribution in [-0.4, -0.2) is 30.5 Å². The van der Waals surface area contributed by atoms with Crippen LogP contribution in [0.5, 0.6) is 0 Å². The van der Waals surface area contributed by atoms with Gasteiger partial charge >= 0.3 is 0 Å². The number of thioether (sulfide) groups is 1. The van der Waals surface area contributed by atoms with Crippen molar-refractivity contribution in [3.05, 3.63) is 45.9 Å². The zero-order valence-electron chi connectivity index (χ0n) is 13.9. The number of carbonyl (C=O) groups is 1. The molecule has 24 heavy (non-hydrogen) atoms. The highest BCUT2D eigenvalue weighted by atomic mass is 32.2. The minimum Gasteiger partial charge on any atom is -0.352 e. The average molecular weight is 362 g/mol. The summed E-state index contributed by atoms with van der Waals surface area (Å²) in [7, 11) is 0. The Hall–Kier alpha value is -1.37. The maximum Gasteiger partial charge on any atom is 0.252 e. The smallest absolute Gasteiger partial charge is 0.252 e. The van der Waals surface area contributed by atoms with E-state index in [1.807, 2.05) is 31.2 Å². The third kappa shape index (κ3) is 4.82. The van der Waals surface area contributed by atoms with E-state index < -0.39 is 0 Å². The van der Waals surface area contributed by atoms with Gasteiger partial charge in [0.2, 0.25) is 0 Å². The van der Waals surface area contributed by atoms with Crippen LogP contribution in [-0.2, 0) is 5.75 Å². The summed E-state index contributed by atoms with van der Waals surface area (Å²) in [4.78, 5) is 18.0. The van der Waals surface area contributed by atoms with Gasteiger partial charge in [0.05, 0.1) is 16.3 Å². The zero-order chi connectivity index (χ0) is 16.8. The zero-order valence-corrected chi connectivity index (χ0v) is 15.5. The van der Waals surface area contributed by atoms with Gasteiger partial charge in [0.1, 0.15) is 0 Å². The van der Waals surface area contributed by atoms with E-state index in [0.29, 0.717) is 5.92 Å². The molecule has 1 amide bonds. The Morgan fingerprint density at radius 1 is 1.46 bits per heavy atom. The van der Waals surface area contributed by atoms with Crippen LogP contribution >= 0.6 is 23.1 Å². The number of nitrogens with zero attached hydrogens (tertiary/aromatic N) is 1. The second-order valence-electron chi connectivity index (χ2n) is 6.05. The first-order chi connectivity index (χ1) is 11.7. The summed E-state index contributed by atoms with van der Waals surface area (Å²) in [6, 6.07) is 7.82. The number of benzene rings is 1. The van der Waals surface area contributed by atoms with Gasteiger partial charge in [-0.3, -0.25) is 4.79 Å². The fourth-order valence-corrected chi connectivity index (χ4v) is 4.51. The van der Waals surface area contributed by atoms with Gasteiger partial charge in [0, 0.05) is 22.6 Å². The minimum atomic E-state index is 0.0264. The minimum absolute atomic E-state index is 0.0264. The Kier molecular flexibility index (Phi) is 6.29. The van der Waals surface area contributed by atoms with Crippen molar-refractivity contribution in [2.45, 2.75) is 30.4 Å². The van der Waals surface area contributed by atoms with Crippen LogP contribution in [0.2, 0.25) is 0 Å². The summed E-state index contributed by atoms with van der Waals surface area (Å²) < 4.78 is 0. The van der Waals surface area contributed by atoms with Crippen LogP contribution in [0.25, 0.3) is 0 Å². The molecule has 0 radical (unpaired) electrons. The molecule has 128 valence electrons. The van der Waals surface area contributed by atoms with Crippen LogP contribution in [0.3, 0.4) is 0 Å². The second kappa shape index (κ2) is 8.65. The van der Waals surface area contributed by atoms with Crippen molar-refractivity contribution < 1.29 is 4.79 Å². The third-order valence-electron chi connectivity index (χ3n) is 4.17. The topological polar surface area (TPSA) is 54.0 Å². The number of nitrogens with one attached hydrogen (secondary N) is 2. The van der Waals surface area contributed by atoms with Crippen LogP contribution in [0.1, 0.15) is 33.9 Å². The lowest BCUT2D eigenvalue weighted by molar-refractivity contribution is 0.0948. The molecule has 2 N–H and O–H groups in total. The lowest BCUT2D eigenvalue weighted by Gasteiger charge is -2.11. The molecule has 1 aliphatic heterocycles. The standard InChI is InChI=1S/C18H23N3OS2/c1-13-21-15(11-23-13)12-24-17-5-3-2-4-16(17)18(22)20-9-7-14-6-8-19-10-14/h2-5,11,14,19H,6-10,12H2,1H3,(H,20,22). The summed E-state index contributed by atoms with van der Waals surface area (Å²) in [6.07, 6.45) is 2.27. The quantitative estimate of drug-likeness (QED) is 0.742. The van der Waals surface area contributed by atoms with E-state index in [0.717, 1.165) is 53.0 Å². The molecular weight excluding hydrogens is 338 g/mol. The maximum absolute atomic E-state index is 12.5. The van der Waals surface area contributed by atoms with E-state index in [9.17, 15) is 4.79 Å². The van der Waals surface area contributed by atoms with E-state index >= 15 is 0 Å². The molecule has 2 heterocycles. The maximum atomic E-state index is 12.5. The number of carbonyl (C=O) groups excluding carboxylic acids is 1. The van der Waals surface area contributed by atoms with Gasteiger partial charge < -0.3 is 10.6 Å². The molecule has 1 aromatic heterocycles. The Bertz CT molecular complexity index is 680. The van der Waals surface area contributed by atoms with Gasteiger partial charge in [0.15, 0.2) is 0 Å². The molecule has 0 aliphatic carbocycles. The molecular formula is C18H23N3OS2. The SMILES string of the molecule is Cc1nc(CSc2ccccc2C(=O)NCCC2CCNC2)cs1. The fourth-order valence-electron chi connectivity index (χ4n) is 2.85. The van der Waals surface area contributed by atoms with Gasteiger partial charge in [-0.1, -0.05) is 12.1 Å². The molecule has 6 heteroatoms. The molecule has 1 fully saturated rings. The molecule has 1 atom stereocenters. The molecule has 0 bridgehead atoms. The predicted octanol–water partition coefficient (Wildman–Crippen LogP) is 3.47. The van der Waals surface area contributed by atoms with Crippen molar-refractivity contribution in [2.24, 2.45) is 5.92 Å². The molecule has 2 aromatic rings. The van der Waals surface area contributed by atoms with Crippen molar-refractivity contribution in [1.29, 1.82) is 0 Å². The molecule has 1 saturated heterocycles. The van der Waals surface area contributed by atoms with Crippen molar-refractivity contribution in [3.63, 3.8) is 0 Å². The molecule has 1 unspecified atom stereocenters. The Labute approximate surface area is 151 Å². The summed E-state index contributed by atoms with van der Waals surface area (Å²) in [6.45, 7) is 4.94. The number of aryl methyl sites for hydroxylation is 1. The number of thiazole rings is 1. The van der Waals surface area contributed by atoms with E-state index in [1.54, 1.807) is 23.1 Å². The van der Waals surface area contributed by atoms with Crippen LogP contribution in [0.4, 0.5) is 0 Å². The largest absolute Gasteiger partial charge is 0.352 e. The van der Waals surface area contributed by atoms with Crippen molar-refractivity contribution in [1.82, 2.24) is 15.6 Å². The predicted molar refractivity (Wildman–Crippen MR) is 101 cm³/mol. The van der Waals surface area contributed by atoms with Crippen molar-refractivity contribution >= 4 is 29.0 Å². The number of hydrogen-bond acceptors (Lipinski definition) is 5. The summed E-state index contributed by atoms with van der Waals surface area (Å²) in [5.41, 5.74) is 1.84. The molecule has 0 saturated carbocycles. The molecule has 0 spiro atoms. The van der Waals surface area contributed by atoms with E-state index in [2.05, 4.69) is 21.0 Å². The monoisotopic (exact) mass is 361 g/mol. The first-order valence-electron chi connectivity index (χ1n) is 8.34. The Morgan fingerprint density at radius 3 is 3.08 bits per heavy atom. The van der Waals surface area contributed by atoms with Gasteiger partial charge in [0.25, 0.3) is 5.91 Å².